The van der Waals surface area contributed by atoms with Gasteiger partial charge in [-0.05, 0) is 47.0 Å². The molecule has 0 atom stereocenters. The molecule has 0 unspecified atom stereocenters. The molecule has 0 bridgehead atoms. The number of aryl methyl sites for hydroxylation is 1. The van der Waals surface area contributed by atoms with E-state index in [0.717, 1.165) is 19.4 Å². The van der Waals surface area contributed by atoms with Gasteiger partial charge in [-0.15, -0.1) is 0 Å². The molecule has 5 nitrogen and oxygen atoms in total. The summed E-state index contributed by atoms with van der Waals surface area (Å²) in [5, 5.41) is 2.64. The Hall–Kier alpha value is -1.96. The van der Waals surface area contributed by atoms with Crippen molar-refractivity contribution < 1.29 is 44.4 Å². The summed E-state index contributed by atoms with van der Waals surface area (Å²) in [6, 6.07) is 0. The topological polar surface area (TPSA) is 48.6 Å². The van der Waals surface area contributed by atoms with Crippen molar-refractivity contribution in [1.82, 2.24) is 9.78 Å². The third-order valence-corrected chi connectivity index (χ3v) is 5.41. The van der Waals surface area contributed by atoms with E-state index in [2.05, 4.69) is 10.1 Å². The Labute approximate surface area is 187 Å². The first-order valence-electron chi connectivity index (χ1n) is 9.63. The van der Waals surface area contributed by atoms with E-state index in [1.165, 1.54) is 0 Å². The standard InChI is InChI=1S/C11H20BNO2.C8H6F8N2/c1-7-9(8-13-6)12-14-10(2,3)11(4,5)15-12;1-3-4(7(11,12)13)5(17-18(3)2)6(9,10)8(14,15)16/h7-8H,1-6H3;1-2H3/b9-7+,13-8?;. The number of halogens is 8. The molecule has 33 heavy (non-hydrogen) atoms. The Morgan fingerprint density at radius 1 is 1.00 bits per heavy atom. The molecule has 1 fully saturated rings. The van der Waals surface area contributed by atoms with Crippen molar-refractivity contribution in [3.63, 3.8) is 0 Å². The maximum Gasteiger partial charge on any atom is 0.496 e. The van der Waals surface area contributed by atoms with Gasteiger partial charge >= 0.3 is 25.4 Å². The minimum atomic E-state index is -6.15. The Kier molecular flexibility index (Phi) is 8.25. The van der Waals surface area contributed by atoms with Crippen LogP contribution >= 0.6 is 0 Å². The Morgan fingerprint density at radius 3 is 1.79 bits per heavy atom. The van der Waals surface area contributed by atoms with Crippen molar-refractivity contribution in [1.29, 1.82) is 0 Å². The fourth-order valence-corrected chi connectivity index (χ4v) is 2.70. The maximum absolute atomic E-state index is 12.9. The van der Waals surface area contributed by atoms with Gasteiger partial charge in [0.15, 0.2) is 5.69 Å². The molecule has 0 radical (unpaired) electrons. The molecule has 0 N–H and O–H groups in total. The monoisotopic (exact) mass is 491 g/mol. The van der Waals surface area contributed by atoms with Gasteiger partial charge in [-0.3, -0.25) is 9.67 Å². The van der Waals surface area contributed by atoms with E-state index in [0.29, 0.717) is 4.68 Å². The molecular formula is C19H26BF8N3O2. The van der Waals surface area contributed by atoms with Crippen LogP contribution in [0, 0.1) is 6.92 Å². The predicted molar refractivity (Wildman–Crippen MR) is 107 cm³/mol. The lowest BCUT2D eigenvalue weighted by molar-refractivity contribution is -0.292. The van der Waals surface area contributed by atoms with Crippen LogP contribution in [0.1, 0.15) is 51.6 Å². The number of alkyl halides is 8. The summed E-state index contributed by atoms with van der Waals surface area (Å²) in [7, 11) is 2.29. The second-order valence-corrected chi connectivity index (χ2v) is 8.27. The molecule has 1 aliphatic heterocycles. The number of hydrogen-bond acceptors (Lipinski definition) is 4. The van der Waals surface area contributed by atoms with Gasteiger partial charge in [-0.2, -0.15) is 40.2 Å². The van der Waals surface area contributed by atoms with E-state index >= 15 is 0 Å². The van der Waals surface area contributed by atoms with E-state index < -0.39 is 35.2 Å². The minimum Gasteiger partial charge on any atom is -0.399 e. The Bertz CT molecular complexity index is 886. The second kappa shape index (κ2) is 9.36. The normalized spacial score (nSPS) is 19.2. The SMILES string of the molecule is C/C=C(\C=NC)B1OC(C)(C)C(C)(C)O1.Cc1c(C(F)(F)F)c(C(F)(F)C(F)(F)F)nn1C. The molecule has 2 rings (SSSR count). The largest absolute Gasteiger partial charge is 0.496 e. The van der Waals surface area contributed by atoms with E-state index in [1.54, 1.807) is 13.3 Å². The first kappa shape index (κ1) is 29.1. The minimum absolute atomic E-state index is 0.284. The first-order chi connectivity index (χ1) is 14.6. The molecule has 188 valence electrons. The molecule has 0 spiro atoms. The molecule has 14 heteroatoms. The van der Waals surface area contributed by atoms with Crippen molar-refractivity contribution in [2.24, 2.45) is 12.0 Å². The van der Waals surface area contributed by atoms with Crippen molar-refractivity contribution in [2.75, 3.05) is 7.05 Å². The van der Waals surface area contributed by atoms with Crippen molar-refractivity contribution >= 4 is 13.3 Å². The predicted octanol–water partition coefficient (Wildman–Crippen LogP) is 5.67. The van der Waals surface area contributed by atoms with Crippen LogP contribution < -0.4 is 0 Å². The zero-order chi connectivity index (χ0) is 26.2. The van der Waals surface area contributed by atoms with Crippen LogP contribution in [0.2, 0.25) is 0 Å². The molecular weight excluding hydrogens is 465 g/mol. The molecule has 1 saturated heterocycles. The number of allylic oxidation sites excluding steroid dienone is 2. The number of rotatable bonds is 3. The van der Waals surface area contributed by atoms with Crippen LogP contribution in [0.4, 0.5) is 35.1 Å². The van der Waals surface area contributed by atoms with Crippen LogP contribution in [0.5, 0.6) is 0 Å². The van der Waals surface area contributed by atoms with Crippen LogP contribution in [-0.2, 0) is 28.5 Å². The second-order valence-electron chi connectivity index (χ2n) is 8.27. The molecule has 0 amide bonds. The zero-order valence-electron chi connectivity index (χ0n) is 19.4. The quantitative estimate of drug-likeness (QED) is 0.311. The summed E-state index contributed by atoms with van der Waals surface area (Å²) in [5.41, 5.74) is -4.81. The summed E-state index contributed by atoms with van der Waals surface area (Å²) >= 11 is 0. The number of hydrogen-bond donors (Lipinski definition) is 0. The fraction of sp³-hybridized carbons (Fsp3) is 0.684. The molecule has 0 aliphatic carbocycles. The van der Waals surface area contributed by atoms with Crippen molar-refractivity contribution in [3.8, 4) is 0 Å². The Morgan fingerprint density at radius 2 is 1.45 bits per heavy atom. The highest BCUT2D eigenvalue weighted by molar-refractivity contribution is 6.60. The zero-order valence-corrected chi connectivity index (χ0v) is 19.4. The number of nitrogens with zero attached hydrogens (tertiary/aromatic N) is 3. The lowest BCUT2D eigenvalue weighted by Gasteiger charge is -2.32. The third kappa shape index (κ3) is 5.95. The lowest BCUT2D eigenvalue weighted by atomic mass is 9.79. The van der Waals surface area contributed by atoms with E-state index in [1.807, 2.05) is 40.7 Å². The highest BCUT2D eigenvalue weighted by Gasteiger charge is 2.63. The summed E-state index contributed by atoms with van der Waals surface area (Å²) in [5.74, 6) is -5.66. The van der Waals surface area contributed by atoms with Gasteiger partial charge in [0.1, 0.15) is 5.56 Å². The Balaban J connectivity index is 0.000000335. The highest BCUT2D eigenvalue weighted by atomic mass is 19.4. The maximum atomic E-state index is 12.9. The summed E-state index contributed by atoms with van der Waals surface area (Å²) in [6.45, 7) is 10.9. The molecule has 1 aliphatic rings. The summed E-state index contributed by atoms with van der Waals surface area (Å²) in [6.07, 6.45) is -7.74. The van der Waals surface area contributed by atoms with Crippen molar-refractivity contribution in [3.05, 3.63) is 28.5 Å². The smallest absolute Gasteiger partial charge is 0.399 e. The van der Waals surface area contributed by atoms with Crippen LogP contribution in [0.15, 0.2) is 16.5 Å². The fourth-order valence-electron chi connectivity index (χ4n) is 2.70. The average molecular weight is 491 g/mol. The molecule has 2 heterocycles. The van der Waals surface area contributed by atoms with Gasteiger partial charge in [0.2, 0.25) is 0 Å². The van der Waals surface area contributed by atoms with Gasteiger partial charge < -0.3 is 9.31 Å². The summed E-state index contributed by atoms with van der Waals surface area (Å²) < 4.78 is 112. The third-order valence-electron chi connectivity index (χ3n) is 5.41. The summed E-state index contributed by atoms with van der Waals surface area (Å²) in [4.78, 5) is 3.99. The lowest BCUT2D eigenvalue weighted by Crippen LogP contribution is -2.41. The molecule has 0 aromatic carbocycles. The number of aliphatic imine (C=N–C) groups is 1. The van der Waals surface area contributed by atoms with Gasteiger partial charge in [0, 0.05) is 26.0 Å². The van der Waals surface area contributed by atoms with Crippen LogP contribution in [-0.4, -0.2) is 47.5 Å². The highest BCUT2D eigenvalue weighted by Crippen LogP contribution is 2.48. The van der Waals surface area contributed by atoms with Crippen LogP contribution in [0.25, 0.3) is 0 Å². The van der Waals surface area contributed by atoms with Gasteiger partial charge in [0.25, 0.3) is 0 Å². The van der Waals surface area contributed by atoms with Gasteiger partial charge in [-0.25, -0.2) is 0 Å². The van der Waals surface area contributed by atoms with Crippen LogP contribution in [0.3, 0.4) is 0 Å². The van der Waals surface area contributed by atoms with Gasteiger partial charge in [0.05, 0.1) is 11.2 Å². The van der Waals surface area contributed by atoms with E-state index in [4.69, 9.17) is 9.31 Å². The van der Waals surface area contributed by atoms with Crippen molar-refractivity contribution in [2.45, 2.75) is 71.0 Å². The first-order valence-corrected chi connectivity index (χ1v) is 9.63. The molecule has 1 aromatic rings. The molecule has 1 aromatic heterocycles. The average Bonchev–Trinajstić information content (AvgIpc) is 3.04. The van der Waals surface area contributed by atoms with E-state index in [9.17, 15) is 35.1 Å². The van der Waals surface area contributed by atoms with Gasteiger partial charge in [-0.1, -0.05) is 6.08 Å². The molecule has 0 saturated carbocycles. The van der Waals surface area contributed by atoms with E-state index in [-0.39, 0.29) is 18.3 Å². The number of aromatic nitrogens is 2.